The van der Waals surface area contributed by atoms with E-state index in [2.05, 4.69) is 5.32 Å². The number of hydrogen-bond donors (Lipinski definition) is 4. The molecular formula is C8H15N3O3. The van der Waals surface area contributed by atoms with E-state index in [-0.39, 0.29) is 12.1 Å². The summed E-state index contributed by atoms with van der Waals surface area (Å²) in [5.41, 5.74) is 4.79. The van der Waals surface area contributed by atoms with Gasteiger partial charge in [-0.25, -0.2) is 4.79 Å². The summed E-state index contributed by atoms with van der Waals surface area (Å²) in [6.45, 7) is 1.64. The van der Waals surface area contributed by atoms with Crippen LogP contribution in [0.3, 0.4) is 0 Å². The third-order valence-corrected chi connectivity index (χ3v) is 2.24. The summed E-state index contributed by atoms with van der Waals surface area (Å²) >= 11 is 0. The van der Waals surface area contributed by atoms with E-state index in [0.717, 1.165) is 0 Å². The van der Waals surface area contributed by atoms with Gasteiger partial charge in [-0.3, -0.25) is 10.1 Å². The second-order valence-electron chi connectivity index (χ2n) is 3.56. The molecule has 0 aromatic carbocycles. The number of primary amides is 1. The summed E-state index contributed by atoms with van der Waals surface area (Å²) < 4.78 is 0. The Hall–Kier alpha value is -1.14. The van der Waals surface area contributed by atoms with E-state index in [9.17, 15) is 9.59 Å². The van der Waals surface area contributed by atoms with Crippen molar-refractivity contribution in [3.63, 3.8) is 0 Å². The molecule has 1 saturated carbocycles. The van der Waals surface area contributed by atoms with Gasteiger partial charge in [0.25, 0.3) is 0 Å². The van der Waals surface area contributed by atoms with Gasteiger partial charge in [-0.2, -0.15) is 0 Å². The molecule has 0 aliphatic heterocycles. The van der Waals surface area contributed by atoms with E-state index < -0.39 is 18.0 Å². The highest BCUT2D eigenvalue weighted by atomic mass is 16.3. The molecule has 0 heterocycles. The third-order valence-electron chi connectivity index (χ3n) is 2.24. The minimum absolute atomic E-state index is 0.152. The molecule has 5 N–H and O–H groups in total. The molecule has 0 spiro atoms. The Balaban J connectivity index is 2.24. The molecule has 0 bridgehead atoms. The van der Waals surface area contributed by atoms with Crippen LogP contribution in [0.2, 0.25) is 0 Å². The van der Waals surface area contributed by atoms with Crippen LogP contribution in [0.4, 0.5) is 4.79 Å². The van der Waals surface area contributed by atoms with E-state index in [1.54, 1.807) is 6.92 Å². The summed E-state index contributed by atoms with van der Waals surface area (Å²) in [5, 5.41) is 14.0. The van der Waals surface area contributed by atoms with Gasteiger partial charge in [0.1, 0.15) is 0 Å². The molecule has 0 saturated heterocycles. The van der Waals surface area contributed by atoms with E-state index in [0.29, 0.717) is 12.8 Å². The summed E-state index contributed by atoms with van der Waals surface area (Å²) in [7, 11) is 0. The van der Waals surface area contributed by atoms with Crippen molar-refractivity contribution in [2.75, 3.05) is 0 Å². The average Bonchev–Trinajstić information content (AvgIpc) is 2.00. The van der Waals surface area contributed by atoms with Crippen molar-refractivity contribution in [1.82, 2.24) is 10.6 Å². The van der Waals surface area contributed by atoms with Crippen LogP contribution in [-0.4, -0.2) is 35.2 Å². The van der Waals surface area contributed by atoms with E-state index in [1.165, 1.54) is 0 Å². The first-order chi connectivity index (χ1) is 6.49. The van der Waals surface area contributed by atoms with Gasteiger partial charge < -0.3 is 16.2 Å². The van der Waals surface area contributed by atoms with Crippen LogP contribution in [0.5, 0.6) is 0 Å². The molecule has 0 aromatic rings. The Bertz CT molecular complexity index is 238. The van der Waals surface area contributed by atoms with Crippen molar-refractivity contribution in [3.8, 4) is 0 Å². The molecule has 1 fully saturated rings. The van der Waals surface area contributed by atoms with Gasteiger partial charge in [0, 0.05) is 6.04 Å². The number of aliphatic hydroxyl groups excluding tert-OH is 1. The smallest absolute Gasteiger partial charge is 0.318 e. The number of urea groups is 1. The van der Waals surface area contributed by atoms with Crippen LogP contribution in [0.15, 0.2) is 0 Å². The average molecular weight is 201 g/mol. The highest BCUT2D eigenvalue weighted by Crippen LogP contribution is 2.19. The van der Waals surface area contributed by atoms with Gasteiger partial charge in [0.05, 0.1) is 12.1 Å². The molecule has 1 atom stereocenters. The van der Waals surface area contributed by atoms with Crippen LogP contribution in [0.25, 0.3) is 0 Å². The number of carbonyl (C=O) groups is 2. The monoisotopic (exact) mass is 201 g/mol. The number of imide groups is 1. The van der Waals surface area contributed by atoms with Gasteiger partial charge in [-0.05, 0) is 19.8 Å². The summed E-state index contributed by atoms with van der Waals surface area (Å²) in [4.78, 5) is 21.5. The highest BCUT2D eigenvalue weighted by molar-refractivity contribution is 5.96. The molecule has 0 radical (unpaired) electrons. The Kier molecular flexibility index (Phi) is 3.43. The molecule has 6 heteroatoms. The number of nitrogens with two attached hydrogens (primary N) is 1. The SMILES string of the molecule is CC(NC1CC(O)C1)C(=O)NC(N)=O. The lowest BCUT2D eigenvalue weighted by molar-refractivity contribution is -0.122. The number of amides is 3. The van der Waals surface area contributed by atoms with Crippen LogP contribution in [0.1, 0.15) is 19.8 Å². The van der Waals surface area contributed by atoms with E-state index in [1.807, 2.05) is 5.32 Å². The summed E-state index contributed by atoms with van der Waals surface area (Å²) in [6.07, 6.45) is 1.03. The molecule has 1 aliphatic carbocycles. The summed E-state index contributed by atoms with van der Waals surface area (Å²) in [6, 6.07) is -1.17. The largest absolute Gasteiger partial charge is 0.393 e. The molecule has 6 nitrogen and oxygen atoms in total. The van der Waals surface area contributed by atoms with Crippen molar-refractivity contribution in [3.05, 3.63) is 0 Å². The Morgan fingerprint density at radius 2 is 2.07 bits per heavy atom. The number of nitrogens with one attached hydrogen (secondary N) is 2. The predicted molar refractivity (Wildman–Crippen MR) is 49.4 cm³/mol. The van der Waals surface area contributed by atoms with Gasteiger partial charge in [-0.1, -0.05) is 0 Å². The third kappa shape index (κ3) is 2.97. The second-order valence-corrected chi connectivity index (χ2v) is 3.56. The van der Waals surface area contributed by atoms with E-state index >= 15 is 0 Å². The fraction of sp³-hybridized carbons (Fsp3) is 0.750. The standard InChI is InChI=1S/C8H15N3O3/c1-4(7(13)11-8(9)14)10-5-2-6(12)3-5/h4-6,10,12H,2-3H2,1H3,(H3,9,11,13,14). The minimum atomic E-state index is -0.850. The maximum Gasteiger partial charge on any atom is 0.318 e. The molecule has 3 amide bonds. The molecule has 0 aromatic heterocycles. The second kappa shape index (κ2) is 4.39. The van der Waals surface area contributed by atoms with E-state index in [4.69, 9.17) is 10.8 Å². The fourth-order valence-electron chi connectivity index (χ4n) is 1.38. The molecule has 14 heavy (non-hydrogen) atoms. The zero-order valence-electron chi connectivity index (χ0n) is 7.99. The highest BCUT2D eigenvalue weighted by Gasteiger charge is 2.29. The molecule has 1 unspecified atom stereocenters. The summed E-state index contributed by atoms with van der Waals surface area (Å²) in [5.74, 6) is -0.445. The number of aliphatic hydroxyl groups is 1. The van der Waals surface area contributed by atoms with Gasteiger partial charge in [0.15, 0.2) is 0 Å². The topological polar surface area (TPSA) is 104 Å². The maximum absolute atomic E-state index is 11.2. The number of carbonyl (C=O) groups excluding carboxylic acids is 2. The van der Waals surface area contributed by atoms with Crippen molar-refractivity contribution in [2.24, 2.45) is 5.73 Å². The molecule has 1 rings (SSSR count). The van der Waals surface area contributed by atoms with Crippen LogP contribution in [-0.2, 0) is 4.79 Å². The van der Waals surface area contributed by atoms with Crippen molar-refractivity contribution in [1.29, 1.82) is 0 Å². The number of rotatable bonds is 3. The molecule has 1 aliphatic rings. The van der Waals surface area contributed by atoms with Gasteiger partial charge in [0.2, 0.25) is 5.91 Å². The normalized spacial score (nSPS) is 27.6. The zero-order valence-corrected chi connectivity index (χ0v) is 7.99. The Morgan fingerprint density at radius 1 is 1.50 bits per heavy atom. The first-order valence-corrected chi connectivity index (χ1v) is 4.53. The first kappa shape index (κ1) is 10.9. The van der Waals surface area contributed by atoms with Gasteiger partial charge in [-0.15, -0.1) is 0 Å². The Labute approximate surface area is 81.8 Å². The van der Waals surface area contributed by atoms with Gasteiger partial charge >= 0.3 is 6.03 Å². The number of hydrogen-bond acceptors (Lipinski definition) is 4. The molecular weight excluding hydrogens is 186 g/mol. The zero-order chi connectivity index (χ0) is 10.7. The first-order valence-electron chi connectivity index (χ1n) is 4.53. The maximum atomic E-state index is 11.2. The van der Waals surface area contributed by atoms with Crippen LogP contribution >= 0.6 is 0 Å². The van der Waals surface area contributed by atoms with Crippen LogP contribution in [0, 0.1) is 0 Å². The Morgan fingerprint density at radius 3 is 2.50 bits per heavy atom. The lowest BCUT2D eigenvalue weighted by Crippen LogP contribution is -2.53. The van der Waals surface area contributed by atoms with Crippen molar-refractivity contribution < 1.29 is 14.7 Å². The van der Waals surface area contributed by atoms with Crippen molar-refractivity contribution >= 4 is 11.9 Å². The predicted octanol–water partition coefficient (Wildman–Crippen LogP) is -1.32. The van der Waals surface area contributed by atoms with Crippen molar-refractivity contribution in [2.45, 2.75) is 38.0 Å². The fourth-order valence-corrected chi connectivity index (χ4v) is 1.38. The molecule has 80 valence electrons. The minimum Gasteiger partial charge on any atom is -0.393 e. The lowest BCUT2D eigenvalue weighted by Gasteiger charge is -2.33. The quantitative estimate of drug-likeness (QED) is 0.454. The lowest BCUT2D eigenvalue weighted by atomic mass is 9.89. The van der Waals surface area contributed by atoms with Crippen LogP contribution < -0.4 is 16.4 Å².